The Bertz CT molecular complexity index is 797. The molecule has 3 aromatic rings. The molecule has 0 bridgehead atoms. The van der Waals surface area contributed by atoms with Crippen molar-refractivity contribution in [1.29, 1.82) is 0 Å². The fourth-order valence-electron chi connectivity index (χ4n) is 1.90. The van der Waals surface area contributed by atoms with Gasteiger partial charge < -0.3 is 10.6 Å². The van der Waals surface area contributed by atoms with Crippen LogP contribution < -0.4 is 10.6 Å². The Labute approximate surface area is 129 Å². The lowest BCUT2D eigenvalue weighted by atomic mass is 10.2. The Balaban J connectivity index is 1.85. The van der Waals surface area contributed by atoms with Crippen LogP contribution in [0.25, 0.3) is 5.65 Å². The summed E-state index contributed by atoms with van der Waals surface area (Å²) >= 11 is 3.42. The number of nitrogens with one attached hydrogen (secondary N) is 2. The molecule has 1 amide bonds. The van der Waals surface area contributed by atoms with E-state index in [0.29, 0.717) is 11.5 Å². The molecule has 6 nitrogen and oxygen atoms in total. The van der Waals surface area contributed by atoms with Crippen molar-refractivity contribution in [2.45, 2.75) is 0 Å². The molecule has 0 fully saturated rings. The van der Waals surface area contributed by atoms with Gasteiger partial charge in [0.2, 0.25) is 5.95 Å². The van der Waals surface area contributed by atoms with E-state index >= 15 is 0 Å². The van der Waals surface area contributed by atoms with Gasteiger partial charge in [-0.1, -0.05) is 6.07 Å². The molecule has 3 rings (SSSR count). The first-order valence-electron chi connectivity index (χ1n) is 6.28. The molecule has 7 heteroatoms. The molecule has 0 radical (unpaired) electrons. The molecule has 2 aromatic heterocycles. The molecular weight excluding hydrogens is 334 g/mol. The van der Waals surface area contributed by atoms with E-state index < -0.39 is 0 Å². The first-order chi connectivity index (χ1) is 10.2. The van der Waals surface area contributed by atoms with Crippen molar-refractivity contribution in [2.24, 2.45) is 0 Å². The van der Waals surface area contributed by atoms with Crippen molar-refractivity contribution in [3.05, 3.63) is 52.6 Å². The van der Waals surface area contributed by atoms with Gasteiger partial charge in [0.25, 0.3) is 5.91 Å². The maximum atomic E-state index is 11.5. The van der Waals surface area contributed by atoms with E-state index in [0.717, 1.165) is 15.9 Å². The van der Waals surface area contributed by atoms with E-state index in [1.807, 2.05) is 30.3 Å². The van der Waals surface area contributed by atoms with E-state index in [1.54, 1.807) is 23.7 Å². The van der Waals surface area contributed by atoms with Crippen LogP contribution in [0.5, 0.6) is 0 Å². The van der Waals surface area contributed by atoms with Crippen molar-refractivity contribution in [1.82, 2.24) is 19.9 Å². The standard InChI is InChI=1S/C14H12BrN5O/c1-16-13(21)9-5-7-10(8-6-9)17-14-18-12-4-2-3-11(15)20(12)19-14/h2-8H,1H3,(H,16,21)(H,17,19). The van der Waals surface area contributed by atoms with Gasteiger partial charge in [-0.05, 0) is 52.3 Å². The topological polar surface area (TPSA) is 71.3 Å². The monoisotopic (exact) mass is 345 g/mol. The maximum Gasteiger partial charge on any atom is 0.251 e. The van der Waals surface area contributed by atoms with Gasteiger partial charge in [0, 0.05) is 18.3 Å². The number of anilines is 2. The molecule has 0 aliphatic heterocycles. The minimum absolute atomic E-state index is 0.115. The summed E-state index contributed by atoms with van der Waals surface area (Å²) in [6, 6.07) is 12.8. The van der Waals surface area contributed by atoms with Crippen LogP contribution in [0.15, 0.2) is 47.1 Å². The molecule has 0 aliphatic rings. The van der Waals surface area contributed by atoms with Crippen molar-refractivity contribution in [3.8, 4) is 0 Å². The van der Waals surface area contributed by atoms with Crippen molar-refractivity contribution in [3.63, 3.8) is 0 Å². The fourth-order valence-corrected chi connectivity index (χ4v) is 2.32. The van der Waals surface area contributed by atoms with E-state index in [-0.39, 0.29) is 5.91 Å². The van der Waals surface area contributed by atoms with Crippen LogP contribution in [0.4, 0.5) is 11.6 Å². The summed E-state index contributed by atoms with van der Waals surface area (Å²) in [6.45, 7) is 0. The third kappa shape index (κ3) is 2.73. The Morgan fingerprint density at radius 3 is 2.62 bits per heavy atom. The number of pyridine rings is 1. The highest BCUT2D eigenvalue weighted by Crippen LogP contribution is 2.17. The average Bonchev–Trinajstić information content (AvgIpc) is 2.91. The molecule has 1 aromatic carbocycles. The van der Waals surface area contributed by atoms with Gasteiger partial charge >= 0.3 is 0 Å². The first-order valence-corrected chi connectivity index (χ1v) is 7.07. The zero-order chi connectivity index (χ0) is 14.8. The largest absolute Gasteiger partial charge is 0.355 e. The molecule has 0 unspecified atom stereocenters. The number of halogens is 1. The van der Waals surface area contributed by atoms with Crippen LogP contribution in [0.3, 0.4) is 0 Å². The first kappa shape index (κ1) is 13.6. The molecule has 2 N–H and O–H groups in total. The van der Waals surface area contributed by atoms with Gasteiger partial charge in [0.1, 0.15) is 4.60 Å². The second-order valence-corrected chi connectivity index (χ2v) is 5.15. The van der Waals surface area contributed by atoms with Crippen LogP contribution in [0.2, 0.25) is 0 Å². The Hall–Kier alpha value is -2.41. The summed E-state index contributed by atoms with van der Waals surface area (Å²) in [6.07, 6.45) is 0. The SMILES string of the molecule is CNC(=O)c1ccc(Nc2nc3cccc(Br)n3n2)cc1. The maximum absolute atomic E-state index is 11.5. The second kappa shape index (κ2) is 5.53. The Morgan fingerprint density at radius 1 is 1.19 bits per heavy atom. The second-order valence-electron chi connectivity index (χ2n) is 4.34. The molecule has 0 atom stereocenters. The van der Waals surface area contributed by atoms with Crippen molar-refractivity contribution >= 4 is 39.1 Å². The zero-order valence-electron chi connectivity index (χ0n) is 11.2. The normalized spacial score (nSPS) is 10.6. The molecule has 0 saturated heterocycles. The van der Waals surface area contributed by atoms with Gasteiger partial charge in [0.05, 0.1) is 0 Å². The molecule has 0 spiro atoms. The number of carbonyl (C=O) groups is 1. The van der Waals surface area contributed by atoms with E-state index in [1.165, 1.54) is 0 Å². The number of carbonyl (C=O) groups excluding carboxylic acids is 1. The van der Waals surface area contributed by atoms with Crippen LogP contribution >= 0.6 is 15.9 Å². The lowest BCUT2D eigenvalue weighted by molar-refractivity contribution is 0.0963. The predicted molar refractivity (Wildman–Crippen MR) is 83.8 cm³/mol. The summed E-state index contributed by atoms with van der Waals surface area (Å²) in [7, 11) is 1.60. The molecule has 106 valence electrons. The lowest BCUT2D eigenvalue weighted by Gasteiger charge is -2.03. The Morgan fingerprint density at radius 2 is 1.95 bits per heavy atom. The quantitative estimate of drug-likeness (QED) is 0.715. The zero-order valence-corrected chi connectivity index (χ0v) is 12.8. The van der Waals surface area contributed by atoms with Gasteiger partial charge in [-0.25, -0.2) is 4.52 Å². The molecule has 0 aliphatic carbocycles. The van der Waals surface area contributed by atoms with Crippen LogP contribution in [0, 0.1) is 0 Å². The summed E-state index contributed by atoms with van der Waals surface area (Å²) in [5.41, 5.74) is 2.16. The average molecular weight is 346 g/mol. The minimum atomic E-state index is -0.115. The third-order valence-corrected chi connectivity index (χ3v) is 3.54. The lowest BCUT2D eigenvalue weighted by Crippen LogP contribution is -2.17. The fraction of sp³-hybridized carbons (Fsp3) is 0.0714. The summed E-state index contributed by atoms with van der Waals surface area (Å²) in [4.78, 5) is 15.8. The molecule has 0 saturated carbocycles. The Kier molecular flexibility index (Phi) is 3.57. The number of hydrogen-bond acceptors (Lipinski definition) is 4. The minimum Gasteiger partial charge on any atom is -0.355 e. The van der Waals surface area contributed by atoms with E-state index in [4.69, 9.17) is 0 Å². The molecular formula is C14H12BrN5O. The van der Waals surface area contributed by atoms with E-state index in [2.05, 4.69) is 36.6 Å². The van der Waals surface area contributed by atoms with Crippen LogP contribution in [-0.2, 0) is 0 Å². The highest BCUT2D eigenvalue weighted by Gasteiger charge is 2.07. The highest BCUT2D eigenvalue weighted by atomic mass is 79.9. The number of amides is 1. The number of fused-ring (bicyclic) bond motifs is 1. The number of rotatable bonds is 3. The van der Waals surface area contributed by atoms with Crippen molar-refractivity contribution < 1.29 is 4.79 Å². The van der Waals surface area contributed by atoms with Crippen LogP contribution in [0.1, 0.15) is 10.4 Å². The van der Waals surface area contributed by atoms with Crippen molar-refractivity contribution in [2.75, 3.05) is 12.4 Å². The number of nitrogens with zero attached hydrogens (tertiary/aromatic N) is 3. The molecule has 21 heavy (non-hydrogen) atoms. The summed E-state index contributed by atoms with van der Waals surface area (Å²) in [5, 5.41) is 10.0. The molecule has 2 heterocycles. The van der Waals surface area contributed by atoms with Gasteiger partial charge in [0.15, 0.2) is 5.65 Å². The van der Waals surface area contributed by atoms with Gasteiger partial charge in [-0.3, -0.25) is 4.79 Å². The van der Waals surface area contributed by atoms with Gasteiger partial charge in [-0.15, -0.1) is 5.10 Å². The summed E-state index contributed by atoms with van der Waals surface area (Å²) < 4.78 is 2.52. The summed E-state index contributed by atoms with van der Waals surface area (Å²) in [5.74, 6) is 0.380. The number of benzene rings is 1. The van der Waals surface area contributed by atoms with E-state index in [9.17, 15) is 4.79 Å². The number of aromatic nitrogens is 3. The predicted octanol–water partition coefficient (Wildman–Crippen LogP) is 2.60. The van der Waals surface area contributed by atoms with Gasteiger partial charge in [-0.2, -0.15) is 4.98 Å². The third-order valence-electron chi connectivity index (χ3n) is 2.94. The smallest absolute Gasteiger partial charge is 0.251 e. The number of hydrogen-bond donors (Lipinski definition) is 2. The van der Waals surface area contributed by atoms with Crippen LogP contribution in [-0.4, -0.2) is 27.6 Å². The highest BCUT2D eigenvalue weighted by molar-refractivity contribution is 9.10.